The summed E-state index contributed by atoms with van der Waals surface area (Å²) in [6, 6.07) is 18.1. The molecule has 0 fully saturated rings. The largest absolute Gasteiger partial charge is 0.484 e. The van der Waals surface area contributed by atoms with Crippen LogP contribution in [0.25, 0.3) is 0 Å². The van der Waals surface area contributed by atoms with Crippen molar-refractivity contribution in [2.45, 2.75) is 16.3 Å². The third-order valence-corrected chi connectivity index (χ3v) is 8.27. The van der Waals surface area contributed by atoms with Crippen LogP contribution in [0.5, 0.6) is 5.75 Å². The van der Waals surface area contributed by atoms with E-state index in [0.29, 0.717) is 16.5 Å². The molecule has 0 saturated heterocycles. The number of rotatable bonds is 10. The van der Waals surface area contributed by atoms with Gasteiger partial charge in [0.25, 0.3) is 15.9 Å². The predicted molar refractivity (Wildman–Crippen MR) is 133 cm³/mol. The number of hydrogen-bond donors (Lipinski definition) is 2. The van der Waals surface area contributed by atoms with Gasteiger partial charge in [0.2, 0.25) is 10.0 Å². The van der Waals surface area contributed by atoms with Gasteiger partial charge in [-0.15, -0.1) is 0 Å². The van der Waals surface area contributed by atoms with Crippen molar-refractivity contribution >= 4 is 43.2 Å². The molecule has 3 aromatic rings. The van der Waals surface area contributed by atoms with Crippen molar-refractivity contribution < 1.29 is 26.4 Å². The number of nitrogens with zero attached hydrogens (tertiary/aromatic N) is 1. The third-order valence-electron chi connectivity index (χ3n) is 4.79. The predicted octanol–water partition coefficient (Wildman–Crippen LogP) is 3.09. The van der Waals surface area contributed by atoms with E-state index < -0.39 is 26.0 Å². The lowest BCUT2D eigenvalue weighted by Crippen LogP contribution is -2.28. The Labute approximate surface area is 209 Å². The molecule has 186 valence electrons. The van der Waals surface area contributed by atoms with Crippen molar-refractivity contribution in [3.8, 4) is 5.75 Å². The lowest BCUT2D eigenvalue weighted by atomic mass is 10.2. The minimum atomic E-state index is -3.80. The second-order valence-corrected chi connectivity index (χ2v) is 11.9. The van der Waals surface area contributed by atoms with Gasteiger partial charge in [-0.05, 0) is 66.2 Å². The van der Waals surface area contributed by atoms with E-state index in [1.165, 1.54) is 50.5 Å². The Morgan fingerprint density at radius 3 is 2.00 bits per heavy atom. The molecule has 0 radical (unpaired) electrons. The number of carbonyl (C=O) groups is 1. The summed E-state index contributed by atoms with van der Waals surface area (Å²) in [5.41, 5.74) is 1.10. The van der Waals surface area contributed by atoms with Crippen LogP contribution in [-0.4, -0.2) is 47.8 Å². The van der Waals surface area contributed by atoms with E-state index in [1.807, 2.05) is 0 Å². The number of amides is 1. The highest BCUT2D eigenvalue weighted by molar-refractivity contribution is 7.92. The van der Waals surface area contributed by atoms with Crippen LogP contribution in [0.15, 0.2) is 82.6 Å². The van der Waals surface area contributed by atoms with Crippen molar-refractivity contribution in [3.05, 3.63) is 83.4 Å². The van der Waals surface area contributed by atoms with Gasteiger partial charge >= 0.3 is 0 Å². The number of benzene rings is 3. The first-order valence-corrected chi connectivity index (χ1v) is 13.6. The van der Waals surface area contributed by atoms with Gasteiger partial charge in [-0.1, -0.05) is 23.7 Å². The Balaban J connectivity index is 1.50. The summed E-state index contributed by atoms with van der Waals surface area (Å²) < 4.78 is 58.2. The van der Waals surface area contributed by atoms with Gasteiger partial charge in [0.1, 0.15) is 5.75 Å². The smallest absolute Gasteiger partial charge is 0.261 e. The first-order chi connectivity index (χ1) is 16.5. The highest BCUT2D eigenvalue weighted by atomic mass is 35.5. The maximum Gasteiger partial charge on any atom is 0.261 e. The molecule has 12 heteroatoms. The molecule has 9 nitrogen and oxygen atoms in total. The highest BCUT2D eigenvalue weighted by Crippen LogP contribution is 2.21. The quantitative estimate of drug-likeness (QED) is 0.410. The van der Waals surface area contributed by atoms with Crippen LogP contribution in [0.2, 0.25) is 5.02 Å². The van der Waals surface area contributed by atoms with Gasteiger partial charge in [-0.25, -0.2) is 21.1 Å². The maximum atomic E-state index is 12.5. The monoisotopic (exact) mass is 537 g/mol. The Kier molecular flexibility index (Phi) is 8.39. The Morgan fingerprint density at radius 1 is 0.857 bits per heavy atom. The lowest BCUT2D eigenvalue weighted by Gasteiger charge is -2.12. The van der Waals surface area contributed by atoms with Crippen LogP contribution < -0.4 is 14.8 Å². The molecule has 2 N–H and O–H groups in total. The molecule has 0 aromatic heterocycles. The van der Waals surface area contributed by atoms with Gasteiger partial charge < -0.3 is 10.1 Å². The molecular formula is C23H24ClN3O6S2. The van der Waals surface area contributed by atoms with Crippen LogP contribution in [0.3, 0.4) is 0 Å². The molecule has 0 spiro atoms. The van der Waals surface area contributed by atoms with E-state index in [0.717, 1.165) is 9.87 Å². The van der Waals surface area contributed by atoms with E-state index in [9.17, 15) is 21.6 Å². The molecule has 0 aliphatic rings. The summed E-state index contributed by atoms with van der Waals surface area (Å²) >= 11 is 5.81. The standard InChI is InChI=1S/C23H24ClN3O6S2/c1-27(2)35(31,32)22-11-3-17(4-12-22)15-25-23(28)16-33-20-9-13-21(14-10-20)34(29,30)26-19-7-5-18(24)6-8-19/h3-14,26H,15-16H2,1-2H3,(H,25,28). The topological polar surface area (TPSA) is 122 Å². The Morgan fingerprint density at radius 2 is 1.43 bits per heavy atom. The van der Waals surface area contributed by atoms with Crippen LogP contribution >= 0.6 is 11.6 Å². The Hall–Kier alpha value is -3.12. The Bertz CT molecular complexity index is 1370. The summed E-state index contributed by atoms with van der Waals surface area (Å²) in [5, 5.41) is 3.17. The van der Waals surface area contributed by atoms with Gasteiger partial charge in [0.05, 0.1) is 9.79 Å². The van der Waals surface area contributed by atoms with Crippen molar-refractivity contribution in [2.75, 3.05) is 25.4 Å². The van der Waals surface area contributed by atoms with Gasteiger partial charge in [-0.2, -0.15) is 0 Å². The van der Waals surface area contributed by atoms with Crippen LogP contribution in [0.4, 0.5) is 5.69 Å². The molecule has 0 bridgehead atoms. The highest BCUT2D eigenvalue weighted by Gasteiger charge is 2.17. The minimum absolute atomic E-state index is 0.0315. The van der Waals surface area contributed by atoms with Crippen molar-refractivity contribution in [1.82, 2.24) is 9.62 Å². The first-order valence-electron chi connectivity index (χ1n) is 10.3. The van der Waals surface area contributed by atoms with E-state index in [2.05, 4.69) is 10.0 Å². The number of ether oxygens (including phenoxy) is 1. The number of hydrogen-bond acceptors (Lipinski definition) is 6. The van der Waals surface area contributed by atoms with Gasteiger partial charge in [0.15, 0.2) is 6.61 Å². The zero-order valence-corrected chi connectivity index (χ0v) is 21.3. The SMILES string of the molecule is CN(C)S(=O)(=O)c1ccc(CNC(=O)COc2ccc(S(=O)(=O)Nc3ccc(Cl)cc3)cc2)cc1. The summed E-state index contributed by atoms with van der Waals surface area (Å²) in [5.74, 6) is -0.0695. The lowest BCUT2D eigenvalue weighted by molar-refractivity contribution is -0.123. The van der Waals surface area contributed by atoms with Gasteiger partial charge in [-0.3, -0.25) is 9.52 Å². The van der Waals surface area contributed by atoms with Crippen molar-refractivity contribution in [2.24, 2.45) is 0 Å². The molecule has 35 heavy (non-hydrogen) atoms. The number of anilines is 1. The molecule has 0 heterocycles. The average molecular weight is 538 g/mol. The molecule has 0 saturated carbocycles. The van der Waals surface area contributed by atoms with Crippen LogP contribution in [-0.2, 0) is 31.4 Å². The number of nitrogens with one attached hydrogen (secondary N) is 2. The van der Waals surface area contributed by atoms with Gasteiger partial charge in [0, 0.05) is 31.4 Å². The number of halogens is 1. The second kappa shape index (κ2) is 11.1. The normalized spacial score (nSPS) is 11.8. The van der Waals surface area contributed by atoms with Crippen molar-refractivity contribution in [1.29, 1.82) is 0 Å². The number of carbonyl (C=O) groups excluding carboxylic acids is 1. The van der Waals surface area contributed by atoms with Crippen LogP contribution in [0.1, 0.15) is 5.56 Å². The number of sulfonamides is 2. The second-order valence-electron chi connectivity index (χ2n) is 7.58. The average Bonchev–Trinajstić information content (AvgIpc) is 2.83. The summed E-state index contributed by atoms with van der Waals surface area (Å²) in [6.45, 7) is -0.0831. The summed E-state index contributed by atoms with van der Waals surface area (Å²) in [4.78, 5) is 12.3. The minimum Gasteiger partial charge on any atom is -0.484 e. The molecule has 0 aliphatic carbocycles. The molecular weight excluding hydrogens is 514 g/mol. The summed E-state index contributed by atoms with van der Waals surface area (Å²) in [6.07, 6.45) is 0. The maximum absolute atomic E-state index is 12.5. The fourth-order valence-corrected chi connectivity index (χ4v) is 4.92. The fourth-order valence-electron chi connectivity index (χ4n) is 2.84. The molecule has 0 atom stereocenters. The zero-order chi connectivity index (χ0) is 25.6. The fraction of sp³-hybridized carbons (Fsp3) is 0.174. The van der Waals surface area contributed by atoms with E-state index in [-0.39, 0.29) is 22.9 Å². The first kappa shape index (κ1) is 26.5. The summed E-state index contributed by atoms with van der Waals surface area (Å²) in [7, 11) is -4.41. The van der Waals surface area contributed by atoms with Crippen LogP contribution in [0, 0.1) is 0 Å². The molecule has 0 aliphatic heterocycles. The van der Waals surface area contributed by atoms with E-state index in [1.54, 1.807) is 36.4 Å². The van der Waals surface area contributed by atoms with Crippen molar-refractivity contribution in [3.63, 3.8) is 0 Å². The molecule has 3 rings (SSSR count). The molecule has 3 aromatic carbocycles. The zero-order valence-electron chi connectivity index (χ0n) is 18.9. The third kappa shape index (κ3) is 7.18. The van der Waals surface area contributed by atoms with E-state index in [4.69, 9.17) is 16.3 Å². The molecule has 0 unspecified atom stereocenters. The van der Waals surface area contributed by atoms with E-state index >= 15 is 0 Å². The molecule has 1 amide bonds.